The molecule has 134 valence electrons. The first-order valence-corrected chi connectivity index (χ1v) is 9.12. The molecular weight excluding hydrogens is 324 g/mol. The number of rotatable bonds is 4. The summed E-state index contributed by atoms with van der Waals surface area (Å²) in [6.45, 7) is 8.25. The molecule has 0 bridgehead atoms. The topological polar surface area (TPSA) is 50.4 Å². The van der Waals surface area contributed by atoms with Crippen molar-refractivity contribution in [1.29, 1.82) is 0 Å². The highest BCUT2D eigenvalue weighted by Gasteiger charge is 2.26. The Morgan fingerprint density at radius 1 is 1.29 bits per heavy atom. The fourth-order valence-electron chi connectivity index (χ4n) is 3.07. The highest BCUT2D eigenvalue weighted by atomic mass is 35.5. The predicted molar refractivity (Wildman–Crippen MR) is 99.8 cm³/mol. The molecule has 0 aromatic heterocycles. The molecule has 1 aliphatic rings. The Morgan fingerprint density at radius 2 is 2.00 bits per heavy atom. The third kappa shape index (κ3) is 5.90. The maximum Gasteiger partial charge on any atom is 0.407 e. The number of carbonyl (C=O) groups excluding carboxylic acids is 1. The van der Waals surface area contributed by atoms with Gasteiger partial charge in [-0.15, -0.1) is 0 Å². The van der Waals surface area contributed by atoms with E-state index in [1.54, 1.807) is 0 Å². The van der Waals surface area contributed by atoms with Crippen molar-refractivity contribution >= 4 is 23.4 Å². The molecule has 0 spiro atoms. The molecule has 1 aromatic rings. The van der Waals surface area contributed by atoms with Crippen molar-refractivity contribution in [3.8, 4) is 0 Å². The number of nitrogens with one attached hydrogen (secondary N) is 2. The van der Waals surface area contributed by atoms with Crippen LogP contribution in [0.1, 0.15) is 52.0 Å². The Hall–Kier alpha value is -1.42. The van der Waals surface area contributed by atoms with Crippen molar-refractivity contribution < 1.29 is 9.53 Å². The summed E-state index contributed by atoms with van der Waals surface area (Å²) in [5.74, 6) is 0.395. The molecule has 24 heavy (non-hydrogen) atoms. The van der Waals surface area contributed by atoms with E-state index in [1.165, 1.54) is 12.8 Å². The highest BCUT2D eigenvalue weighted by Crippen LogP contribution is 2.28. The lowest BCUT2D eigenvalue weighted by molar-refractivity contribution is 0.0514. The predicted octanol–water partition coefficient (Wildman–Crippen LogP) is 5.14. The van der Waals surface area contributed by atoms with Gasteiger partial charge in [-0.3, -0.25) is 0 Å². The maximum atomic E-state index is 11.9. The molecule has 0 heterocycles. The number of hydrogen-bond donors (Lipinski definition) is 2. The third-order valence-corrected chi connectivity index (χ3v) is 4.75. The summed E-state index contributed by atoms with van der Waals surface area (Å²) in [6, 6.07) is 6.41. The number of amides is 1. The lowest BCUT2D eigenvalue weighted by atomic mass is 9.84. The number of carbonyl (C=O) groups is 1. The SMILES string of the molecule is Cc1ccc(NC2CCCCC2CNC(=O)OC(C)(C)C)cc1Cl. The summed E-state index contributed by atoms with van der Waals surface area (Å²) in [5, 5.41) is 7.29. The van der Waals surface area contributed by atoms with E-state index in [0.717, 1.165) is 29.1 Å². The van der Waals surface area contributed by atoms with Gasteiger partial charge in [0.15, 0.2) is 0 Å². The molecule has 2 N–H and O–H groups in total. The Labute approximate surface area is 150 Å². The van der Waals surface area contributed by atoms with Gasteiger partial charge in [-0.25, -0.2) is 4.79 Å². The van der Waals surface area contributed by atoms with Gasteiger partial charge in [0.1, 0.15) is 5.60 Å². The minimum absolute atomic E-state index is 0.340. The Kier molecular flexibility index (Phi) is 6.39. The smallest absolute Gasteiger partial charge is 0.407 e. The number of halogens is 1. The second kappa shape index (κ2) is 8.11. The number of benzene rings is 1. The standard InChI is InChI=1S/C19H29ClN2O2/c1-13-9-10-15(11-16(13)20)22-17-8-6-5-7-14(17)12-21-18(23)24-19(2,3)4/h9-11,14,17,22H,5-8,12H2,1-4H3,(H,21,23). The van der Waals surface area contributed by atoms with Crippen molar-refractivity contribution in [3.63, 3.8) is 0 Å². The van der Waals surface area contributed by atoms with Crippen LogP contribution < -0.4 is 10.6 Å². The van der Waals surface area contributed by atoms with Gasteiger partial charge in [-0.1, -0.05) is 30.5 Å². The van der Waals surface area contributed by atoms with Crippen LogP contribution in [-0.2, 0) is 4.74 Å². The second-order valence-corrected chi connectivity index (χ2v) is 8.05. The van der Waals surface area contributed by atoms with E-state index in [0.29, 0.717) is 18.5 Å². The Bertz CT molecular complexity index is 569. The average molecular weight is 353 g/mol. The minimum atomic E-state index is -0.465. The van der Waals surface area contributed by atoms with Crippen molar-refractivity contribution in [1.82, 2.24) is 5.32 Å². The van der Waals surface area contributed by atoms with E-state index in [2.05, 4.69) is 16.7 Å². The minimum Gasteiger partial charge on any atom is -0.444 e. The summed E-state index contributed by atoms with van der Waals surface area (Å²) in [7, 11) is 0. The molecule has 2 rings (SSSR count). The molecule has 1 amide bonds. The van der Waals surface area contributed by atoms with Gasteiger partial charge in [0.05, 0.1) is 0 Å². The average Bonchev–Trinajstić information content (AvgIpc) is 2.48. The Morgan fingerprint density at radius 3 is 2.67 bits per heavy atom. The quantitative estimate of drug-likeness (QED) is 0.788. The lowest BCUT2D eigenvalue weighted by Crippen LogP contribution is -2.42. The zero-order chi connectivity index (χ0) is 17.7. The van der Waals surface area contributed by atoms with E-state index in [9.17, 15) is 4.79 Å². The van der Waals surface area contributed by atoms with Gasteiger partial charge in [0.25, 0.3) is 0 Å². The van der Waals surface area contributed by atoms with Crippen molar-refractivity contribution in [3.05, 3.63) is 28.8 Å². The van der Waals surface area contributed by atoms with Gasteiger partial charge >= 0.3 is 6.09 Å². The van der Waals surface area contributed by atoms with Crippen LogP contribution in [0.2, 0.25) is 5.02 Å². The molecule has 0 aliphatic heterocycles. The van der Waals surface area contributed by atoms with Crippen LogP contribution in [0.25, 0.3) is 0 Å². The molecule has 2 atom stereocenters. The molecule has 1 saturated carbocycles. The molecule has 0 saturated heterocycles. The van der Waals surface area contributed by atoms with Crippen molar-refractivity contribution in [2.45, 2.75) is 65.0 Å². The van der Waals surface area contributed by atoms with Crippen LogP contribution in [0.4, 0.5) is 10.5 Å². The van der Waals surface area contributed by atoms with Crippen LogP contribution >= 0.6 is 11.6 Å². The van der Waals surface area contributed by atoms with Crippen LogP contribution in [-0.4, -0.2) is 24.3 Å². The first-order valence-electron chi connectivity index (χ1n) is 8.74. The monoisotopic (exact) mass is 352 g/mol. The highest BCUT2D eigenvalue weighted by molar-refractivity contribution is 6.31. The number of aryl methyl sites for hydroxylation is 1. The first kappa shape index (κ1) is 18.9. The van der Waals surface area contributed by atoms with E-state index in [1.807, 2.05) is 39.8 Å². The van der Waals surface area contributed by atoms with E-state index in [4.69, 9.17) is 16.3 Å². The zero-order valence-corrected chi connectivity index (χ0v) is 15.9. The van der Waals surface area contributed by atoms with E-state index >= 15 is 0 Å². The number of alkyl carbamates (subject to hydrolysis) is 1. The van der Waals surface area contributed by atoms with E-state index < -0.39 is 5.60 Å². The van der Waals surface area contributed by atoms with Gasteiger partial charge in [0, 0.05) is 23.3 Å². The van der Waals surface area contributed by atoms with Gasteiger partial charge in [0.2, 0.25) is 0 Å². The summed E-state index contributed by atoms with van der Waals surface area (Å²) in [4.78, 5) is 11.9. The molecule has 1 aliphatic carbocycles. The second-order valence-electron chi connectivity index (χ2n) is 7.64. The van der Waals surface area contributed by atoms with Gasteiger partial charge in [-0.05, 0) is 64.2 Å². The molecule has 5 heteroatoms. The molecule has 1 fully saturated rings. The van der Waals surface area contributed by atoms with Gasteiger partial charge < -0.3 is 15.4 Å². The molecule has 0 radical (unpaired) electrons. The van der Waals surface area contributed by atoms with Crippen LogP contribution in [0, 0.1) is 12.8 Å². The largest absolute Gasteiger partial charge is 0.444 e. The normalized spacial score (nSPS) is 21.2. The Balaban J connectivity index is 1.92. The molecular formula is C19H29ClN2O2. The number of ether oxygens (including phenoxy) is 1. The molecule has 4 nitrogen and oxygen atoms in total. The zero-order valence-electron chi connectivity index (χ0n) is 15.1. The summed E-state index contributed by atoms with van der Waals surface area (Å²) < 4.78 is 5.32. The van der Waals surface area contributed by atoms with Crippen LogP contribution in [0.5, 0.6) is 0 Å². The fraction of sp³-hybridized carbons (Fsp3) is 0.632. The van der Waals surface area contributed by atoms with Gasteiger partial charge in [-0.2, -0.15) is 0 Å². The summed E-state index contributed by atoms with van der Waals surface area (Å²) in [5.41, 5.74) is 1.65. The maximum absolute atomic E-state index is 11.9. The lowest BCUT2D eigenvalue weighted by Gasteiger charge is -2.33. The number of anilines is 1. The number of hydrogen-bond acceptors (Lipinski definition) is 3. The van der Waals surface area contributed by atoms with E-state index in [-0.39, 0.29) is 6.09 Å². The summed E-state index contributed by atoms with van der Waals surface area (Å²) >= 11 is 6.22. The fourth-order valence-corrected chi connectivity index (χ4v) is 3.25. The molecule has 1 aromatic carbocycles. The van der Waals surface area contributed by atoms with Crippen LogP contribution in [0.15, 0.2) is 18.2 Å². The summed E-state index contributed by atoms with van der Waals surface area (Å²) in [6.07, 6.45) is 4.28. The first-order chi connectivity index (χ1) is 11.2. The van der Waals surface area contributed by atoms with Crippen LogP contribution in [0.3, 0.4) is 0 Å². The van der Waals surface area contributed by atoms with Crippen molar-refractivity contribution in [2.75, 3.05) is 11.9 Å². The third-order valence-electron chi connectivity index (χ3n) is 4.34. The molecule has 2 unspecified atom stereocenters. The van der Waals surface area contributed by atoms with Crippen molar-refractivity contribution in [2.24, 2.45) is 5.92 Å².